The van der Waals surface area contributed by atoms with Gasteiger partial charge in [-0.2, -0.15) is 0 Å². The zero-order valence-electron chi connectivity index (χ0n) is 18.2. The number of pyridine rings is 1. The number of halogens is 1. The van der Waals surface area contributed by atoms with Crippen molar-refractivity contribution in [1.29, 1.82) is 0 Å². The van der Waals surface area contributed by atoms with Crippen LogP contribution in [-0.4, -0.2) is 31.2 Å². The molecule has 7 nitrogen and oxygen atoms in total. The summed E-state index contributed by atoms with van der Waals surface area (Å²) in [6, 6.07) is 9.19. The van der Waals surface area contributed by atoms with Gasteiger partial charge in [0.15, 0.2) is 0 Å². The van der Waals surface area contributed by atoms with Gasteiger partial charge in [-0.25, -0.2) is 14.2 Å². The van der Waals surface area contributed by atoms with Crippen LogP contribution in [0.25, 0.3) is 16.9 Å². The lowest BCUT2D eigenvalue weighted by atomic mass is 9.87. The third-order valence-corrected chi connectivity index (χ3v) is 5.93. The smallest absolute Gasteiger partial charge is 0.333 e. The van der Waals surface area contributed by atoms with Crippen LogP contribution in [0.2, 0.25) is 0 Å². The number of aliphatic hydroxyl groups excluding tert-OH is 1. The molecule has 4 rings (SSSR count). The third kappa shape index (κ3) is 4.50. The highest BCUT2D eigenvalue weighted by Gasteiger charge is 2.25. The largest absolute Gasteiger partial charge is 0.393 e. The number of carbonyl (C=O) groups excluding carboxylic acids is 1. The number of benzene rings is 1. The molecule has 8 heteroatoms. The fourth-order valence-corrected chi connectivity index (χ4v) is 4.10. The van der Waals surface area contributed by atoms with Gasteiger partial charge in [0.1, 0.15) is 11.6 Å². The van der Waals surface area contributed by atoms with Gasteiger partial charge in [0, 0.05) is 29.9 Å². The molecular weight excluding hydrogens is 411 g/mol. The lowest BCUT2D eigenvalue weighted by Gasteiger charge is -2.24. The Morgan fingerprint density at radius 2 is 1.84 bits per heavy atom. The first-order valence-corrected chi connectivity index (χ1v) is 10.9. The number of carbonyl (C=O) groups is 1. The Balaban J connectivity index is 1.68. The fraction of sp³-hybridized carbons (Fsp3) is 0.375. The van der Waals surface area contributed by atoms with E-state index in [0.29, 0.717) is 48.4 Å². The number of hydrogen-bond acceptors (Lipinski definition) is 4. The highest BCUT2D eigenvalue weighted by molar-refractivity contribution is 5.92. The van der Waals surface area contributed by atoms with Crippen molar-refractivity contribution in [3.8, 4) is 16.9 Å². The molecule has 0 atom stereocenters. The van der Waals surface area contributed by atoms with Crippen molar-refractivity contribution in [3.05, 3.63) is 65.1 Å². The van der Waals surface area contributed by atoms with Crippen molar-refractivity contribution in [2.75, 3.05) is 5.32 Å². The van der Waals surface area contributed by atoms with Crippen molar-refractivity contribution >= 4 is 11.7 Å². The third-order valence-electron chi connectivity index (χ3n) is 5.93. The second kappa shape index (κ2) is 9.08. The molecule has 0 spiro atoms. The molecule has 3 aromatic rings. The molecule has 1 aliphatic rings. The molecule has 32 heavy (non-hydrogen) atoms. The maximum absolute atomic E-state index is 13.5. The summed E-state index contributed by atoms with van der Waals surface area (Å²) in [6.07, 6.45) is 5.56. The molecule has 0 bridgehead atoms. The van der Waals surface area contributed by atoms with Crippen LogP contribution in [0.1, 0.15) is 45.6 Å². The second-order valence-electron chi connectivity index (χ2n) is 8.53. The minimum atomic E-state index is -0.379. The summed E-state index contributed by atoms with van der Waals surface area (Å²) in [5, 5.41) is 12.5. The first-order chi connectivity index (χ1) is 15.3. The monoisotopic (exact) mass is 438 g/mol. The van der Waals surface area contributed by atoms with Crippen LogP contribution in [-0.2, 0) is 4.79 Å². The van der Waals surface area contributed by atoms with Crippen molar-refractivity contribution in [2.45, 2.75) is 51.7 Å². The average Bonchev–Trinajstić information content (AvgIpc) is 3.12. The molecule has 1 aromatic carbocycles. The fourth-order valence-electron chi connectivity index (χ4n) is 4.10. The van der Waals surface area contributed by atoms with Crippen LogP contribution in [0, 0.1) is 11.7 Å². The molecule has 2 N–H and O–H groups in total. The number of rotatable bonds is 5. The van der Waals surface area contributed by atoms with Crippen LogP contribution < -0.4 is 11.0 Å². The Labute approximate surface area is 185 Å². The Morgan fingerprint density at radius 3 is 2.50 bits per heavy atom. The topological polar surface area (TPSA) is 89.2 Å². The highest BCUT2D eigenvalue weighted by atomic mass is 19.1. The van der Waals surface area contributed by atoms with E-state index >= 15 is 0 Å². The minimum absolute atomic E-state index is 0.0642. The van der Waals surface area contributed by atoms with Gasteiger partial charge in [-0.15, -0.1) is 0 Å². The number of amides is 1. The molecule has 2 aromatic heterocycles. The van der Waals surface area contributed by atoms with Gasteiger partial charge in [0.25, 0.3) is 0 Å². The summed E-state index contributed by atoms with van der Waals surface area (Å²) in [5.74, 6) is -0.245. The van der Waals surface area contributed by atoms with Gasteiger partial charge in [-0.1, -0.05) is 0 Å². The van der Waals surface area contributed by atoms with Crippen LogP contribution in [0.3, 0.4) is 0 Å². The van der Waals surface area contributed by atoms with Crippen LogP contribution >= 0.6 is 0 Å². The molecule has 168 valence electrons. The van der Waals surface area contributed by atoms with E-state index in [1.165, 1.54) is 16.7 Å². The minimum Gasteiger partial charge on any atom is -0.393 e. The SMILES string of the molecule is CC(C)n1cc(-c2ccnc(NC(=O)[C@H]3CC[C@@H](O)CC3)c2)n(-c2ccc(F)cc2)c1=O. The van der Waals surface area contributed by atoms with Crippen LogP contribution in [0.15, 0.2) is 53.6 Å². The lowest BCUT2D eigenvalue weighted by Crippen LogP contribution is -2.29. The predicted molar refractivity (Wildman–Crippen MR) is 120 cm³/mol. The number of aromatic nitrogens is 3. The van der Waals surface area contributed by atoms with Gasteiger partial charge in [0.05, 0.1) is 17.5 Å². The molecule has 0 saturated heterocycles. The zero-order valence-corrected chi connectivity index (χ0v) is 18.2. The number of aliphatic hydroxyl groups is 1. The molecule has 1 amide bonds. The van der Waals surface area contributed by atoms with E-state index in [4.69, 9.17) is 0 Å². The standard InChI is InChI=1S/C24H27FN4O3/c1-15(2)28-14-21(29(24(28)32)19-7-5-18(25)6-8-19)17-11-12-26-22(13-17)27-23(31)16-3-9-20(30)10-4-16/h5-8,11-16,20,30H,3-4,9-10H2,1-2H3,(H,26,27,31)/t16-,20+. The number of anilines is 1. The van der Waals surface area contributed by atoms with Gasteiger partial charge < -0.3 is 10.4 Å². The second-order valence-corrected chi connectivity index (χ2v) is 8.53. The number of nitrogens with one attached hydrogen (secondary N) is 1. The molecular formula is C24H27FN4O3. The normalized spacial score (nSPS) is 18.7. The molecule has 1 aliphatic carbocycles. The molecule has 1 saturated carbocycles. The summed E-state index contributed by atoms with van der Waals surface area (Å²) in [7, 11) is 0. The maximum atomic E-state index is 13.5. The lowest BCUT2D eigenvalue weighted by molar-refractivity contribution is -0.121. The van der Waals surface area contributed by atoms with Crippen LogP contribution in [0.5, 0.6) is 0 Å². The van der Waals surface area contributed by atoms with Crippen molar-refractivity contribution in [1.82, 2.24) is 14.1 Å². The Bertz CT molecular complexity index is 1160. The van der Waals surface area contributed by atoms with Crippen molar-refractivity contribution in [3.63, 3.8) is 0 Å². The summed E-state index contributed by atoms with van der Waals surface area (Å²) in [4.78, 5) is 30.0. The number of hydrogen-bond donors (Lipinski definition) is 2. The van der Waals surface area contributed by atoms with E-state index in [9.17, 15) is 19.1 Å². The highest BCUT2D eigenvalue weighted by Crippen LogP contribution is 2.27. The zero-order chi connectivity index (χ0) is 22.8. The molecule has 0 unspecified atom stereocenters. The molecule has 1 fully saturated rings. The predicted octanol–water partition coefficient (Wildman–Crippen LogP) is 3.91. The van der Waals surface area contributed by atoms with Gasteiger partial charge in [0.2, 0.25) is 5.91 Å². The Kier molecular flexibility index (Phi) is 6.23. The van der Waals surface area contributed by atoms with Crippen molar-refractivity contribution < 1.29 is 14.3 Å². The maximum Gasteiger partial charge on any atom is 0.333 e. The van der Waals surface area contributed by atoms with E-state index in [0.717, 1.165) is 0 Å². The summed E-state index contributed by atoms with van der Waals surface area (Å²) < 4.78 is 16.6. The summed E-state index contributed by atoms with van der Waals surface area (Å²) in [5.41, 5.74) is 1.64. The Hall–Kier alpha value is -3.26. The van der Waals surface area contributed by atoms with E-state index in [-0.39, 0.29) is 35.5 Å². The average molecular weight is 439 g/mol. The van der Waals surface area contributed by atoms with E-state index < -0.39 is 0 Å². The van der Waals surface area contributed by atoms with Gasteiger partial charge in [-0.05, 0) is 75.9 Å². The van der Waals surface area contributed by atoms with Crippen molar-refractivity contribution in [2.24, 2.45) is 5.92 Å². The van der Waals surface area contributed by atoms with Gasteiger partial charge in [-0.3, -0.25) is 13.9 Å². The van der Waals surface area contributed by atoms with E-state index in [1.54, 1.807) is 41.2 Å². The first-order valence-electron chi connectivity index (χ1n) is 10.9. The number of imidazole rings is 1. The summed E-state index contributed by atoms with van der Waals surface area (Å²) in [6.45, 7) is 3.83. The van der Waals surface area contributed by atoms with Gasteiger partial charge >= 0.3 is 5.69 Å². The number of nitrogens with zero attached hydrogens (tertiary/aromatic N) is 3. The molecule has 0 radical (unpaired) electrons. The Morgan fingerprint density at radius 1 is 1.16 bits per heavy atom. The molecule has 0 aliphatic heterocycles. The van der Waals surface area contributed by atoms with E-state index in [1.807, 2.05) is 13.8 Å². The quantitative estimate of drug-likeness (QED) is 0.632. The van der Waals surface area contributed by atoms with Crippen LogP contribution in [0.4, 0.5) is 10.2 Å². The first kappa shape index (κ1) is 22.0. The van der Waals surface area contributed by atoms with E-state index in [2.05, 4.69) is 10.3 Å². The summed E-state index contributed by atoms with van der Waals surface area (Å²) >= 11 is 0. The molecule has 2 heterocycles.